The number of unbranched alkanes of at least 4 members (excludes halogenated alkanes) is 3. The Hall–Kier alpha value is -0.420. The Bertz CT molecular complexity index is 370. The van der Waals surface area contributed by atoms with Crippen LogP contribution in [0, 0.1) is 0 Å². The molecular weight excluding hydrogens is 330 g/mol. The lowest BCUT2D eigenvalue weighted by Crippen LogP contribution is -2.32. The quantitative estimate of drug-likeness (QED) is 0.586. The van der Waals surface area contributed by atoms with Gasteiger partial charge in [0.25, 0.3) is 0 Å². The van der Waals surface area contributed by atoms with Crippen LogP contribution in [0.15, 0.2) is 28.7 Å². The lowest BCUT2D eigenvalue weighted by molar-refractivity contribution is 0.0343. The molecule has 0 amide bonds. The highest BCUT2D eigenvalue weighted by Crippen LogP contribution is 2.16. The molecule has 0 heterocycles. The Morgan fingerprint density at radius 3 is 2.57 bits per heavy atom. The van der Waals surface area contributed by atoms with E-state index in [1.807, 2.05) is 12.1 Å². The van der Waals surface area contributed by atoms with Gasteiger partial charge in [0, 0.05) is 23.7 Å². The van der Waals surface area contributed by atoms with Gasteiger partial charge >= 0.3 is 0 Å². The summed E-state index contributed by atoms with van der Waals surface area (Å²) in [6.07, 6.45) is 4.35. The average molecular weight is 358 g/mol. The molecule has 0 radical (unpaired) electrons. The van der Waals surface area contributed by atoms with E-state index in [1.165, 1.54) is 24.8 Å². The molecule has 120 valence electrons. The van der Waals surface area contributed by atoms with Crippen LogP contribution in [0.5, 0.6) is 0 Å². The van der Waals surface area contributed by atoms with Crippen LogP contribution in [-0.2, 0) is 4.74 Å². The predicted octanol–water partition coefficient (Wildman–Crippen LogP) is 4.06. The molecule has 2 atom stereocenters. The highest BCUT2D eigenvalue weighted by atomic mass is 79.9. The van der Waals surface area contributed by atoms with E-state index in [4.69, 9.17) is 4.74 Å². The van der Waals surface area contributed by atoms with Crippen molar-refractivity contribution in [2.45, 2.75) is 51.7 Å². The third-order valence-corrected chi connectivity index (χ3v) is 4.01. The van der Waals surface area contributed by atoms with Crippen LogP contribution in [0.25, 0.3) is 0 Å². The molecule has 0 saturated carbocycles. The third kappa shape index (κ3) is 8.57. The van der Waals surface area contributed by atoms with Crippen molar-refractivity contribution in [3.05, 3.63) is 34.3 Å². The van der Waals surface area contributed by atoms with Crippen molar-refractivity contribution in [2.75, 3.05) is 19.8 Å². The van der Waals surface area contributed by atoms with Gasteiger partial charge in [0.1, 0.15) is 0 Å². The van der Waals surface area contributed by atoms with E-state index < -0.39 is 6.10 Å². The molecule has 0 bridgehead atoms. The molecule has 0 aliphatic carbocycles. The van der Waals surface area contributed by atoms with Crippen LogP contribution in [0.4, 0.5) is 0 Å². The van der Waals surface area contributed by atoms with Gasteiger partial charge in [-0.1, -0.05) is 54.2 Å². The summed E-state index contributed by atoms with van der Waals surface area (Å²) < 4.78 is 6.58. The normalized spacial score (nSPS) is 14.1. The first-order valence-electron chi connectivity index (χ1n) is 7.88. The SMILES string of the molecule is CCCCCCOCC(O)CN[C@@H](C)c1ccc(Br)cc1. The molecule has 0 aliphatic heterocycles. The van der Waals surface area contributed by atoms with Gasteiger partial charge in [0.15, 0.2) is 0 Å². The summed E-state index contributed by atoms with van der Waals surface area (Å²) >= 11 is 3.43. The summed E-state index contributed by atoms with van der Waals surface area (Å²) in [7, 11) is 0. The van der Waals surface area contributed by atoms with Crippen LogP contribution in [0.3, 0.4) is 0 Å². The standard InChI is InChI=1S/C17H28BrNO2/c1-3-4-5-6-11-21-13-17(20)12-19-14(2)15-7-9-16(18)10-8-15/h7-10,14,17,19-20H,3-6,11-13H2,1-2H3/t14-,17?/m0/s1. The van der Waals surface area contributed by atoms with Gasteiger partial charge in [-0.25, -0.2) is 0 Å². The molecule has 0 aliphatic rings. The van der Waals surface area contributed by atoms with E-state index in [0.717, 1.165) is 17.5 Å². The monoisotopic (exact) mass is 357 g/mol. The number of aliphatic hydroxyl groups excluding tert-OH is 1. The summed E-state index contributed by atoms with van der Waals surface area (Å²) in [5.41, 5.74) is 1.21. The Morgan fingerprint density at radius 2 is 1.90 bits per heavy atom. The van der Waals surface area contributed by atoms with Crippen molar-refractivity contribution in [1.82, 2.24) is 5.32 Å². The van der Waals surface area contributed by atoms with Crippen molar-refractivity contribution in [3.63, 3.8) is 0 Å². The second-order valence-electron chi connectivity index (χ2n) is 5.47. The molecule has 0 spiro atoms. The summed E-state index contributed by atoms with van der Waals surface area (Å²) in [5.74, 6) is 0. The largest absolute Gasteiger partial charge is 0.389 e. The minimum absolute atomic E-state index is 0.220. The molecule has 0 saturated heterocycles. The second-order valence-corrected chi connectivity index (χ2v) is 6.39. The molecular formula is C17H28BrNO2. The van der Waals surface area contributed by atoms with Crippen molar-refractivity contribution in [1.29, 1.82) is 0 Å². The van der Waals surface area contributed by atoms with Gasteiger partial charge in [-0.3, -0.25) is 0 Å². The molecule has 0 fully saturated rings. The van der Waals surface area contributed by atoms with E-state index in [-0.39, 0.29) is 6.04 Å². The van der Waals surface area contributed by atoms with Crippen molar-refractivity contribution in [3.8, 4) is 0 Å². The van der Waals surface area contributed by atoms with E-state index in [2.05, 4.69) is 47.2 Å². The van der Waals surface area contributed by atoms with Gasteiger partial charge in [0.2, 0.25) is 0 Å². The smallest absolute Gasteiger partial charge is 0.0897 e. The topological polar surface area (TPSA) is 41.5 Å². The molecule has 21 heavy (non-hydrogen) atoms. The maximum Gasteiger partial charge on any atom is 0.0897 e. The van der Waals surface area contributed by atoms with Crippen LogP contribution in [0.1, 0.15) is 51.1 Å². The Labute approximate surface area is 137 Å². The van der Waals surface area contributed by atoms with Crippen LogP contribution in [0.2, 0.25) is 0 Å². The first-order valence-corrected chi connectivity index (χ1v) is 8.67. The van der Waals surface area contributed by atoms with Gasteiger partial charge in [0.05, 0.1) is 12.7 Å². The highest BCUT2D eigenvalue weighted by molar-refractivity contribution is 9.10. The van der Waals surface area contributed by atoms with E-state index >= 15 is 0 Å². The Kier molecular flexibility index (Phi) is 9.92. The van der Waals surface area contributed by atoms with Gasteiger partial charge in [-0.15, -0.1) is 0 Å². The highest BCUT2D eigenvalue weighted by Gasteiger charge is 2.08. The number of halogens is 1. The van der Waals surface area contributed by atoms with Gasteiger partial charge in [-0.05, 0) is 31.0 Å². The number of benzene rings is 1. The summed E-state index contributed by atoms with van der Waals surface area (Å²) in [6.45, 7) is 6.00. The summed E-state index contributed by atoms with van der Waals surface area (Å²) in [5, 5.41) is 13.2. The fourth-order valence-electron chi connectivity index (χ4n) is 2.09. The maximum atomic E-state index is 9.90. The first kappa shape index (κ1) is 18.6. The van der Waals surface area contributed by atoms with Gasteiger partial charge in [-0.2, -0.15) is 0 Å². The average Bonchev–Trinajstić information content (AvgIpc) is 2.49. The number of ether oxygens (including phenoxy) is 1. The molecule has 2 N–H and O–H groups in total. The lowest BCUT2D eigenvalue weighted by Gasteiger charge is -2.17. The van der Waals surface area contributed by atoms with E-state index in [1.54, 1.807) is 0 Å². The fourth-order valence-corrected chi connectivity index (χ4v) is 2.36. The van der Waals surface area contributed by atoms with Crippen molar-refractivity contribution in [2.24, 2.45) is 0 Å². The van der Waals surface area contributed by atoms with Crippen molar-refractivity contribution < 1.29 is 9.84 Å². The Morgan fingerprint density at radius 1 is 1.19 bits per heavy atom. The minimum atomic E-state index is -0.450. The third-order valence-electron chi connectivity index (χ3n) is 3.48. The van der Waals surface area contributed by atoms with E-state index in [0.29, 0.717) is 13.2 Å². The molecule has 1 rings (SSSR count). The van der Waals surface area contributed by atoms with Gasteiger partial charge < -0.3 is 15.2 Å². The number of rotatable bonds is 11. The van der Waals surface area contributed by atoms with Crippen LogP contribution >= 0.6 is 15.9 Å². The lowest BCUT2D eigenvalue weighted by atomic mass is 10.1. The predicted molar refractivity (Wildman–Crippen MR) is 91.5 cm³/mol. The zero-order chi connectivity index (χ0) is 15.5. The molecule has 0 aromatic heterocycles. The minimum Gasteiger partial charge on any atom is -0.389 e. The number of hydrogen-bond acceptors (Lipinski definition) is 3. The number of aliphatic hydroxyl groups is 1. The Balaban J connectivity index is 2.11. The molecule has 3 nitrogen and oxygen atoms in total. The second kappa shape index (κ2) is 11.2. The van der Waals surface area contributed by atoms with Crippen LogP contribution < -0.4 is 5.32 Å². The first-order chi connectivity index (χ1) is 10.1. The summed E-state index contributed by atoms with van der Waals surface area (Å²) in [6, 6.07) is 8.45. The maximum absolute atomic E-state index is 9.90. The molecule has 4 heteroatoms. The summed E-state index contributed by atoms with van der Waals surface area (Å²) in [4.78, 5) is 0. The zero-order valence-electron chi connectivity index (χ0n) is 13.1. The molecule has 1 aromatic carbocycles. The van der Waals surface area contributed by atoms with Crippen molar-refractivity contribution >= 4 is 15.9 Å². The van der Waals surface area contributed by atoms with Crippen LogP contribution in [-0.4, -0.2) is 31.0 Å². The molecule has 1 unspecified atom stereocenters. The zero-order valence-corrected chi connectivity index (χ0v) is 14.7. The fraction of sp³-hybridized carbons (Fsp3) is 0.647. The number of nitrogens with one attached hydrogen (secondary N) is 1. The molecule has 1 aromatic rings. The number of hydrogen-bond donors (Lipinski definition) is 2. The van der Waals surface area contributed by atoms with E-state index in [9.17, 15) is 5.11 Å².